The van der Waals surface area contributed by atoms with Gasteiger partial charge in [-0.1, -0.05) is 19.1 Å². The number of H-pyrrole nitrogens is 1. The third-order valence-corrected chi connectivity index (χ3v) is 2.49. The van der Waals surface area contributed by atoms with Crippen LogP contribution in [0, 0.1) is 5.82 Å². The number of nitrogens with zero attached hydrogens (tertiary/aromatic N) is 2. The number of hydrogen-bond acceptors (Lipinski definition) is 3. The maximum atomic E-state index is 13.2. The molecule has 1 heterocycles. The van der Waals surface area contributed by atoms with E-state index in [1.807, 2.05) is 6.07 Å². The molecule has 2 aromatic rings. The smallest absolute Gasteiger partial charge is 0.145 e. The summed E-state index contributed by atoms with van der Waals surface area (Å²) in [6.07, 6.45) is 2.45. The molecule has 1 aromatic carbocycles. The predicted octanol–water partition coefficient (Wildman–Crippen LogP) is 2.03. The van der Waals surface area contributed by atoms with Crippen LogP contribution >= 0.6 is 0 Å². The van der Waals surface area contributed by atoms with Gasteiger partial charge in [0.05, 0.1) is 6.04 Å². The van der Waals surface area contributed by atoms with Gasteiger partial charge in [-0.2, -0.15) is 5.10 Å². The second kappa shape index (κ2) is 5.54. The Balaban J connectivity index is 2.27. The predicted molar refractivity (Wildman–Crippen MR) is 62.9 cm³/mol. The molecule has 17 heavy (non-hydrogen) atoms. The molecule has 0 amide bonds. The minimum atomic E-state index is -0.245. The molecule has 1 aromatic heterocycles. The van der Waals surface area contributed by atoms with Crippen molar-refractivity contribution in [2.75, 3.05) is 6.54 Å². The third-order valence-electron chi connectivity index (χ3n) is 2.49. The van der Waals surface area contributed by atoms with Gasteiger partial charge >= 0.3 is 0 Å². The van der Waals surface area contributed by atoms with E-state index in [0.29, 0.717) is 5.82 Å². The number of rotatable bonds is 5. The van der Waals surface area contributed by atoms with Crippen molar-refractivity contribution >= 4 is 0 Å². The molecular weight excluding hydrogens is 219 g/mol. The van der Waals surface area contributed by atoms with Crippen molar-refractivity contribution in [3.05, 3.63) is 47.8 Å². The SMILES string of the molecule is CCCNC(c1cccc(F)c1)c1ncn[nH]1. The largest absolute Gasteiger partial charge is 0.304 e. The Bertz CT molecular complexity index is 455. The van der Waals surface area contributed by atoms with Crippen LogP contribution in [0.1, 0.15) is 30.8 Å². The van der Waals surface area contributed by atoms with Crippen LogP contribution in [0.25, 0.3) is 0 Å². The fourth-order valence-corrected chi connectivity index (χ4v) is 1.70. The zero-order valence-corrected chi connectivity index (χ0v) is 9.65. The number of benzene rings is 1. The zero-order chi connectivity index (χ0) is 12.1. The minimum Gasteiger partial charge on any atom is -0.304 e. The quantitative estimate of drug-likeness (QED) is 0.832. The lowest BCUT2D eigenvalue weighted by Crippen LogP contribution is -2.24. The summed E-state index contributed by atoms with van der Waals surface area (Å²) in [4.78, 5) is 4.12. The fourth-order valence-electron chi connectivity index (χ4n) is 1.70. The molecule has 2 N–H and O–H groups in total. The summed E-state index contributed by atoms with van der Waals surface area (Å²) in [5, 5.41) is 9.96. The fraction of sp³-hybridized carbons (Fsp3) is 0.333. The Morgan fingerprint density at radius 2 is 2.35 bits per heavy atom. The molecule has 0 radical (unpaired) electrons. The van der Waals surface area contributed by atoms with Crippen molar-refractivity contribution in [2.45, 2.75) is 19.4 Å². The monoisotopic (exact) mass is 234 g/mol. The summed E-state index contributed by atoms with van der Waals surface area (Å²) in [6, 6.07) is 6.37. The van der Waals surface area contributed by atoms with Gasteiger partial charge in [-0.15, -0.1) is 0 Å². The molecule has 1 atom stereocenters. The molecule has 1 unspecified atom stereocenters. The lowest BCUT2D eigenvalue weighted by Gasteiger charge is -2.16. The van der Waals surface area contributed by atoms with E-state index in [2.05, 4.69) is 27.4 Å². The van der Waals surface area contributed by atoms with Gasteiger partial charge in [-0.05, 0) is 30.7 Å². The van der Waals surface area contributed by atoms with Gasteiger partial charge in [0.25, 0.3) is 0 Å². The summed E-state index contributed by atoms with van der Waals surface area (Å²) in [7, 11) is 0. The molecule has 0 aliphatic rings. The summed E-state index contributed by atoms with van der Waals surface area (Å²) in [6.45, 7) is 2.91. The van der Waals surface area contributed by atoms with Gasteiger partial charge in [0, 0.05) is 0 Å². The van der Waals surface area contributed by atoms with Crippen LogP contribution in [0.3, 0.4) is 0 Å². The number of aromatic amines is 1. The Morgan fingerprint density at radius 3 is 3.00 bits per heavy atom. The molecule has 0 spiro atoms. The van der Waals surface area contributed by atoms with E-state index < -0.39 is 0 Å². The molecule has 0 fully saturated rings. The van der Waals surface area contributed by atoms with E-state index in [-0.39, 0.29) is 11.9 Å². The van der Waals surface area contributed by atoms with Crippen LogP contribution in [0.2, 0.25) is 0 Å². The van der Waals surface area contributed by atoms with E-state index in [4.69, 9.17) is 0 Å². The van der Waals surface area contributed by atoms with Crippen molar-refractivity contribution in [3.8, 4) is 0 Å². The minimum absolute atomic E-state index is 0.145. The highest BCUT2D eigenvalue weighted by atomic mass is 19.1. The van der Waals surface area contributed by atoms with Gasteiger partial charge in [0.15, 0.2) is 0 Å². The lowest BCUT2D eigenvalue weighted by molar-refractivity contribution is 0.565. The normalized spacial score (nSPS) is 12.6. The first-order valence-electron chi connectivity index (χ1n) is 5.65. The average Bonchev–Trinajstić information content (AvgIpc) is 2.83. The van der Waals surface area contributed by atoms with Crippen molar-refractivity contribution in [1.82, 2.24) is 20.5 Å². The third kappa shape index (κ3) is 2.88. The summed E-state index contributed by atoms with van der Waals surface area (Å²) in [5.74, 6) is 0.453. The molecule has 0 saturated heterocycles. The van der Waals surface area contributed by atoms with E-state index in [9.17, 15) is 4.39 Å². The van der Waals surface area contributed by atoms with Gasteiger partial charge < -0.3 is 5.32 Å². The van der Waals surface area contributed by atoms with Crippen molar-refractivity contribution in [3.63, 3.8) is 0 Å². The van der Waals surface area contributed by atoms with Gasteiger partial charge in [0.1, 0.15) is 18.0 Å². The number of nitrogens with one attached hydrogen (secondary N) is 2. The van der Waals surface area contributed by atoms with Crippen LogP contribution in [0.15, 0.2) is 30.6 Å². The Hall–Kier alpha value is -1.75. The second-order valence-electron chi connectivity index (χ2n) is 3.81. The molecule has 0 aliphatic carbocycles. The molecule has 0 saturated carbocycles. The molecule has 0 aliphatic heterocycles. The van der Waals surface area contributed by atoms with E-state index in [1.54, 1.807) is 6.07 Å². The van der Waals surface area contributed by atoms with Crippen LogP contribution in [0.4, 0.5) is 4.39 Å². The van der Waals surface area contributed by atoms with E-state index >= 15 is 0 Å². The number of hydrogen-bond donors (Lipinski definition) is 2. The molecule has 5 heteroatoms. The first-order chi connectivity index (χ1) is 8.31. The maximum Gasteiger partial charge on any atom is 0.145 e. The Labute approximate surface area is 99.3 Å². The van der Waals surface area contributed by atoms with Gasteiger partial charge in [-0.25, -0.2) is 9.37 Å². The second-order valence-corrected chi connectivity index (χ2v) is 3.81. The van der Waals surface area contributed by atoms with Crippen LogP contribution < -0.4 is 5.32 Å². The van der Waals surface area contributed by atoms with Crippen molar-refractivity contribution in [1.29, 1.82) is 0 Å². The van der Waals surface area contributed by atoms with Crippen molar-refractivity contribution in [2.24, 2.45) is 0 Å². The molecule has 2 rings (SSSR count). The standard InChI is InChI=1S/C12H15FN4/c1-2-6-14-11(12-15-8-16-17-12)9-4-3-5-10(13)7-9/h3-5,7-8,11,14H,2,6H2,1H3,(H,15,16,17). The first-order valence-corrected chi connectivity index (χ1v) is 5.65. The topological polar surface area (TPSA) is 53.6 Å². The Morgan fingerprint density at radius 1 is 1.47 bits per heavy atom. The van der Waals surface area contributed by atoms with Crippen LogP contribution in [-0.4, -0.2) is 21.7 Å². The molecule has 4 nitrogen and oxygen atoms in total. The van der Waals surface area contributed by atoms with E-state index in [0.717, 1.165) is 18.5 Å². The van der Waals surface area contributed by atoms with Crippen molar-refractivity contribution < 1.29 is 4.39 Å². The molecular formula is C12H15FN4. The first kappa shape index (κ1) is 11.7. The summed E-state index contributed by atoms with van der Waals surface area (Å²) in [5.41, 5.74) is 0.843. The number of halogens is 1. The number of aromatic nitrogens is 3. The lowest BCUT2D eigenvalue weighted by atomic mass is 10.1. The highest BCUT2D eigenvalue weighted by Crippen LogP contribution is 2.19. The van der Waals surface area contributed by atoms with Crippen LogP contribution in [0.5, 0.6) is 0 Å². The highest BCUT2D eigenvalue weighted by Gasteiger charge is 2.16. The average molecular weight is 234 g/mol. The zero-order valence-electron chi connectivity index (χ0n) is 9.65. The van der Waals surface area contributed by atoms with Gasteiger partial charge in [-0.3, -0.25) is 5.10 Å². The highest BCUT2D eigenvalue weighted by molar-refractivity contribution is 5.25. The van der Waals surface area contributed by atoms with E-state index in [1.165, 1.54) is 18.5 Å². The summed E-state index contributed by atoms with van der Waals surface area (Å²) >= 11 is 0. The maximum absolute atomic E-state index is 13.2. The summed E-state index contributed by atoms with van der Waals surface area (Å²) < 4.78 is 13.2. The molecule has 90 valence electrons. The van der Waals surface area contributed by atoms with Crippen LogP contribution in [-0.2, 0) is 0 Å². The molecule has 0 bridgehead atoms. The Kier molecular flexibility index (Phi) is 3.82. The van der Waals surface area contributed by atoms with Gasteiger partial charge in [0.2, 0.25) is 0 Å².